The van der Waals surface area contributed by atoms with Gasteiger partial charge in [0.05, 0.1) is 0 Å². The fraction of sp³-hybridized carbons (Fsp3) is 0.600. The van der Waals surface area contributed by atoms with E-state index in [1.165, 1.54) is 11.3 Å². The Labute approximate surface area is 61.1 Å². The summed E-state index contributed by atoms with van der Waals surface area (Å²) < 4.78 is 12.4. The SMILES string of the molecule is Nc1nnc([C@@H]2C[C@@H]2F)s1. The highest BCUT2D eigenvalue weighted by atomic mass is 32.1. The molecule has 0 spiro atoms. The van der Waals surface area contributed by atoms with Gasteiger partial charge in [0.1, 0.15) is 11.2 Å². The summed E-state index contributed by atoms with van der Waals surface area (Å²) in [5.74, 6) is -0.00481. The molecule has 0 unspecified atom stereocenters. The van der Waals surface area contributed by atoms with Gasteiger partial charge in [0, 0.05) is 5.92 Å². The van der Waals surface area contributed by atoms with Gasteiger partial charge in [-0.1, -0.05) is 11.3 Å². The summed E-state index contributed by atoms with van der Waals surface area (Å²) in [6, 6.07) is 0. The summed E-state index contributed by atoms with van der Waals surface area (Å²) in [6.45, 7) is 0. The molecule has 0 radical (unpaired) electrons. The monoisotopic (exact) mass is 159 g/mol. The van der Waals surface area contributed by atoms with Crippen LogP contribution in [0.2, 0.25) is 0 Å². The topological polar surface area (TPSA) is 51.8 Å². The lowest BCUT2D eigenvalue weighted by molar-refractivity contribution is 0.467. The van der Waals surface area contributed by atoms with Crippen LogP contribution in [0, 0.1) is 0 Å². The zero-order valence-electron chi connectivity index (χ0n) is 5.12. The number of halogens is 1. The summed E-state index contributed by atoms with van der Waals surface area (Å²) >= 11 is 1.28. The summed E-state index contributed by atoms with van der Waals surface area (Å²) in [5, 5.41) is 8.49. The first-order chi connectivity index (χ1) is 4.77. The van der Waals surface area contributed by atoms with E-state index in [4.69, 9.17) is 5.73 Å². The Morgan fingerprint density at radius 1 is 1.60 bits per heavy atom. The predicted molar refractivity (Wildman–Crippen MR) is 36.6 cm³/mol. The van der Waals surface area contributed by atoms with E-state index in [0.717, 1.165) is 5.01 Å². The minimum atomic E-state index is -0.702. The van der Waals surface area contributed by atoms with Gasteiger partial charge in [-0.3, -0.25) is 0 Å². The van der Waals surface area contributed by atoms with Crippen molar-refractivity contribution in [2.45, 2.75) is 18.5 Å². The Morgan fingerprint density at radius 3 is 2.70 bits per heavy atom. The number of hydrogen-bond acceptors (Lipinski definition) is 4. The Bertz CT molecular complexity index is 249. The molecule has 0 saturated heterocycles. The van der Waals surface area contributed by atoms with Gasteiger partial charge in [0.25, 0.3) is 0 Å². The summed E-state index contributed by atoms with van der Waals surface area (Å²) in [6.07, 6.45) is -0.110. The Balaban J connectivity index is 2.20. The second kappa shape index (κ2) is 1.88. The van der Waals surface area contributed by atoms with E-state index in [2.05, 4.69) is 10.2 Å². The second-order valence-electron chi connectivity index (χ2n) is 2.34. The zero-order chi connectivity index (χ0) is 7.14. The first kappa shape index (κ1) is 6.03. The summed E-state index contributed by atoms with van der Waals surface area (Å²) in [5.41, 5.74) is 5.31. The van der Waals surface area contributed by atoms with Gasteiger partial charge in [-0.2, -0.15) is 0 Å². The van der Waals surface area contributed by atoms with Crippen LogP contribution in [0.25, 0.3) is 0 Å². The second-order valence-corrected chi connectivity index (χ2v) is 3.38. The zero-order valence-corrected chi connectivity index (χ0v) is 5.94. The molecule has 0 aliphatic heterocycles. The average Bonchev–Trinajstić information content (AvgIpc) is 2.42. The maximum absolute atomic E-state index is 12.4. The summed E-state index contributed by atoms with van der Waals surface area (Å²) in [4.78, 5) is 0. The predicted octanol–water partition coefficient (Wildman–Crippen LogP) is 0.946. The minimum absolute atomic E-state index is 0.00481. The first-order valence-electron chi connectivity index (χ1n) is 3.00. The maximum atomic E-state index is 12.4. The van der Waals surface area contributed by atoms with E-state index < -0.39 is 6.17 Å². The van der Waals surface area contributed by atoms with Crippen molar-refractivity contribution in [1.82, 2.24) is 10.2 Å². The molecule has 0 aromatic carbocycles. The van der Waals surface area contributed by atoms with Gasteiger partial charge in [-0.25, -0.2) is 4.39 Å². The lowest BCUT2D eigenvalue weighted by atomic mass is 10.5. The lowest BCUT2D eigenvalue weighted by Crippen LogP contribution is -1.81. The van der Waals surface area contributed by atoms with E-state index in [9.17, 15) is 4.39 Å². The van der Waals surface area contributed by atoms with Crippen LogP contribution >= 0.6 is 11.3 Å². The minimum Gasteiger partial charge on any atom is -0.374 e. The van der Waals surface area contributed by atoms with Crippen LogP contribution in [0.1, 0.15) is 17.3 Å². The average molecular weight is 159 g/mol. The van der Waals surface area contributed by atoms with Gasteiger partial charge in [0.15, 0.2) is 0 Å². The van der Waals surface area contributed by atoms with Crippen LogP contribution in [0.3, 0.4) is 0 Å². The van der Waals surface area contributed by atoms with Crippen molar-refractivity contribution in [3.05, 3.63) is 5.01 Å². The molecule has 5 heteroatoms. The van der Waals surface area contributed by atoms with Crippen molar-refractivity contribution in [3.8, 4) is 0 Å². The van der Waals surface area contributed by atoms with Crippen molar-refractivity contribution in [2.75, 3.05) is 5.73 Å². The molecule has 1 fully saturated rings. The van der Waals surface area contributed by atoms with Crippen molar-refractivity contribution >= 4 is 16.5 Å². The molecule has 2 rings (SSSR count). The first-order valence-corrected chi connectivity index (χ1v) is 3.82. The maximum Gasteiger partial charge on any atom is 0.203 e. The molecule has 3 nitrogen and oxygen atoms in total. The highest BCUT2D eigenvalue weighted by Gasteiger charge is 2.41. The van der Waals surface area contributed by atoms with Crippen LogP contribution in [-0.4, -0.2) is 16.4 Å². The van der Waals surface area contributed by atoms with Gasteiger partial charge in [0.2, 0.25) is 5.13 Å². The number of rotatable bonds is 1. The fourth-order valence-corrected chi connectivity index (χ4v) is 1.59. The molecule has 2 N–H and O–H groups in total. The van der Waals surface area contributed by atoms with Gasteiger partial charge < -0.3 is 5.73 Å². The van der Waals surface area contributed by atoms with Crippen molar-refractivity contribution in [2.24, 2.45) is 0 Å². The van der Waals surface area contributed by atoms with Crippen LogP contribution in [0.4, 0.5) is 9.52 Å². The molecule has 10 heavy (non-hydrogen) atoms. The number of nitrogens with zero attached hydrogens (tertiary/aromatic N) is 2. The lowest BCUT2D eigenvalue weighted by Gasteiger charge is -1.81. The number of anilines is 1. The van der Waals surface area contributed by atoms with Crippen molar-refractivity contribution in [1.29, 1.82) is 0 Å². The van der Waals surface area contributed by atoms with Crippen LogP contribution < -0.4 is 5.73 Å². The van der Waals surface area contributed by atoms with Crippen molar-refractivity contribution in [3.63, 3.8) is 0 Å². The third kappa shape index (κ3) is 0.862. The smallest absolute Gasteiger partial charge is 0.203 e. The van der Waals surface area contributed by atoms with Crippen molar-refractivity contribution < 1.29 is 4.39 Å². The summed E-state index contributed by atoms with van der Waals surface area (Å²) in [7, 11) is 0. The van der Waals surface area contributed by atoms with Crippen LogP contribution in [0.15, 0.2) is 0 Å². The standard InChI is InChI=1S/C5H6FN3S/c6-3-1-2(3)4-8-9-5(7)10-4/h2-3H,1H2,(H2,7,9)/t2-,3+/m1/s1. The molecule has 2 atom stereocenters. The van der Waals surface area contributed by atoms with Gasteiger partial charge >= 0.3 is 0 Å². The molecule has 0 amide bonds. The molecule has 1 aromatic rings. The molecule has 1 aliphatic rings. The Kier molecular flexibility index (Phi) is 1.14. The number of aromatic nitrogens is 2. The number of nitrogen functional groups attached to an aromatic ring is 1. The largest absolute Gasteiger partial charge is 0.374 e. The third-order valence-electron chi connectivity index (χ3n) is 1.49. The molecule has 1 saturated carbocycles. The Morgan fingerprint density at radius 2 is 2.30 bits per heavy atom. The fourth-order valence-electron chi connectivity index (χ4n) is 0.816. The molecular formula is C5H6FN3S. The molecule has 1 aromatic heterocycles. The highest BCUT2D eigenvalue weighted by molar-refractivity contribution is 7.15. The van der Waals surface area contributed by atoms with Crippen LogP contribution in [-0.2, 0) is 0 Å². The van der Waals surface area contributed by atoms with Crippen LogP contribution in [0.5, 0.6) is 0 Å². The highest BCUT2D eigenvalue weighted by Crippen LogP contribution is 2.44. The molecule has 1 aliphatic carbocycles. The number of hydrogen-bond donors (Lipinski definition) is 1. The Hall–Kier alpha value is -0.710. The van der Waals surface area contributed by atoms with E-state index in [0.29, 0.717) is 11.6 Å². The van der Waals surface area contributed by atoms with E-state index >= 15 is 0 Å². The van der Waals surface area contributed by atoms with E-state index in [-0.39, 0.29) is 5.92 Å². The number of alkyl halides is 1. The third-order valence-corrected chi connectivity index (χ3v) is 2.37. The quantitative estimate of drug-likeness (QED) is 0.663. The van der Waals surface area contributed by atoms with Gasteiger partial charge in [-0.05, 0) is 6.42 Å². The normalized spacial score (nSPS) is 30.5. The molecule has 54 valence electrons. The molecule has 1 heterocycles. The molecular weight excluding hydrogens is 153 g/mol. The van der Waals surface area contributed by atoms with E-state index in [1.807, 2.05) is 0 Å². The van der Waals surface area contributed by atoms with E-state index in [1.54, 1.807) is 0 Å². The molecule has 0 bridgehead atoms. The number of nitrogens with two attached hydrogens (primary N) is 1. The van der Waals surface area contributed by atoms with Gasteiger partial charge in [-0.15, -0.1) is 10.2 Å².